The molecule has 7 N–H and O–H groups in total. The van der Waals surface area contributed by atoms with Crippen molar-refractivity contribution in [2.24, 2.45) is 0 Å². The van der Waals surface area contributed by atoms with E-state index in [0.717, 1.165) is 0 Å². The van der Waals surface area contributed by atoms with Gasteiger partial charge in [0.2, 0.25) is 5.78 Å². The zero-order chi connectivity index (χ0) is 22.7. The van der Waals surface area contributed by atoms with Gasteiger partial charge in [-0.15, -0.1) is 0 Å². The lowest BCUT2D eigenvalue weighted by Crippen LogP contribution is -2.66. The number of phenols is 2. The maximum absolute atomic E-state index is 13.2. The van der Waals surface area contributed by atoms with Crippen molar-refractivity contribution in [3.05, 3.63) is 58.1 Å². The monoisotopic (exact) mass is 432 g/mol. The van der Waals surface area contributed by atoms with E-state index in [1.54, 1.807) is 6.07 Å². The normalized spacial score (nSPS) is 32.5. The molecule has 0 amide bonds. The van der Waals surface area contributed by atoms with Crippen LogP contribution < -0.4 is 0 Å². The molecular formula is C22H24O9. The number of phenolic OH excluding ortho intramolecular Hbond substituents is 2. The largest absolute Gasteiger partial charge is 0.507 e. The summed E-state index contributed by atoms with van der Waals surface area (Å²) in [6.07, 6.45) is -6.13. The molecule has 0 saturated carbocycles. The molecular weight excluding hydrogens is 408 g/mol. The van der Waals surface area contributed by atoms with Crippen molar-refractivity contribution in [3.63, 3.8) is 0 Å². The lowest BCUT2D eigenvalue weighted by atomic mass is 9.65. The van der Waals surface area contributed by atoms with E-state index in [2.05, 4.69) is 0 Å². The van der Waals surface area contributed by atoms with E-state index in [9.17, 15) is 40.5 Å². The number of benzene rings is 2. The number of rotatable bonds is 3. The molecule has 0 spiro atoms. The molecule has 31 heavy (non-hydrogen) atoms. The quantitative estimate of drug-likeness (QED) is 0.338. The third-order valence-corrected chi connectivity index (χ3v) is 6.34. The van der Waals surface area contributed by atoms with Gasteiger partial charge in [-0.25, -0.2) is 0 Å². The average Bonchev–Trinajstić information content (AvgIpc) is 2.74. The topological polar surface area (TPSA) is 168 Å². The van der Waals surface area contributed by atoms with Gasteiger partial charge in [0.15, 0.2) is 0 Å². The average molecular weight is 432 g/mol. The highest BCUT2D eigenvalue weighted by Crippen LogP contribution is 2.51. The molecule has 9 nitrogen and oxygen atoms in total. The van der Waals surface area contributed by atoms with Crippen LogP contribution in [0, 0.1) is 0 Å². The van der Waals surface area contributed by atoms with Gasteiger partial charge < -0.3 is 40.5 Å². The minimum Gasteiger partial charge on any atom is -0.507 e. The highest BCUT2D eigenvalue weighted by atomic mass is 16.6. The van der Waals surface area contributed by atoms with Crippen LogP contribution in [0.25, 0.3) is 0 Å². The number of fused-ring (bicyclic) bond motifs is 2. The minimum atomic E-state index is -1.69. The Morgan fingerprint density at radius 2 is 1.65 bits per heavy atom. The Kier molecular flexibility index (Phi) is 5.29. The molecule has 1 aliphatic carbocycles. The van der Waals surface area contributed by atoms with Gasteiger partial charge in [-0.05, 0) is 35.7 Å². The number of ether oxygens (including phenoxy) is 1. The highest BCUT2D eigenvalue weighted by molar-refractivity contribution is 6.16. The zero-order valence-corrected chi connectivity index (χ0v) is 16.6. The molecule has 2 aromatic carbocycles. The van der Waals surface area contributed by atoms with Gasteiger partial charge in [0, 0.05) is 5.92 Å². The lowest BCUT2D eigenvalue weighted by molar-refractivity contribution is -0.272. The maximum atomic E-state index is 13.2. The first-order valence-corrected chi connectivity index (χ1v) is 9.81. The van der Waals surface area contributed by atoms with Crippen molar-refractivity contribution in [1.29, 1.82) is 0 Å². The molecule has 0 bridgehead atoms. The van der Waals surface area contributed by atoms with Crippen molar-refractivity contribution < 1.29 is 45.3 Å². The molecule has 0 radical (unpaired) electrons. The van der Waals surface area contributed by atoms with E-state index >= 15 is 0 Å². The number of hydrogen-bond acceptors (Lipinski definition) is 9. The summed E-state index contributed by atoms with van der Waals surface area (Å²) in [7, 11) is 0. The molecule has 1 saturated heterocycles. The lowest BCUT2D eigenvalue weighted by Gasteiger charge is -2.51. The van der Waals surface area contributed by atoms with Gasteiger partial charge in [-0.3, -0.25) is 4.79 Å². The summed E-state index contributed by atoms with van der Waals surface area (Å²) in [6.45, 7) is 0.374. The summed E-state index contributed by atoms with van der Waals surface area (Å²) < 4.78 is 5.91. The van der Waals surface area contributed by atoms with Crippen LogP contribution >= 0.6 is 0 Å². The van der Waals surface area contributed by atoms with Crippen LogP contribution in [0.4, 0.5) is 0 Å². The molecule has 1 aliphatic heterocycles. The van der Waals surface area contributed by atoms with Gasteiger partial charge in [-0.1, -0.05) is 18.2 Å². The molecule has 0 aromatic heterocycles. The first-order valence-electron chi connectivity index (χ1n) is 9.81. The van der Waals surface area contributed by atoms with Gasteiger partial charge in [0.1, 0.15) is 41.5 Å². The van der Waals surface area contributed by atoms with Crippen LogP contribution in [0.15, 0.2) is 30.3 Å². The fraction of sp³-hybridized carbons (Fsp3) is 0.409. The Hall–Kier alpha value is -2.53. The Bertz CT molecular complexity index is 1030. The van der Waals surface area contributed by atoms with E-state index in [1.165, 1.54) is 31.2 Å². The summed E-state index contributed by atoms with van der Waals surface area (Å²) in [4.78, 5) is 13.2. The number of carbonyl (C=O) groups is 1. The van der Waals surface area contributed by atoms with E-state index in [-0.39, 0.29) is 28.0 Å². The SMILES string of the molecule is CC1(C2c3cccc(O)c3C(=O)c3c(O)cc(CO)cc32)OC(CO)[C@@H](O)C(O)[C@@H]1O. The summed E-state index contributed by atoms with van der Waals surface area (Å²) >= 11 is 0. The molecule has 2 aliphatic rings. The van der Waals surface area contributed by atoms with Crippen molar-refractivity contribution in [2.45, 2.75) is 49.5 Å². The number of ketones is 1. The standard InChI is InChI=1S/C22H24O9/c1-22(21(30)20(29)18(27)14(8-24)31-22)17-10-3-2-4-12(25)15(10)19(28)16-11(17)5-9(7-23)6-13(16)26/h2-6,14,17-18,20-21,23-27,29-30H,7-8H2,1H3/t14?,17?,18-,20?,21+,22?/m1/s1. The number of aliphatic hydroxyl groups is 5. The van der Waals surface area contributed by atoms with Gasteiger partial charge >= 0.3 is 0 Å². The summed E-state index contributed by atoms with van der Waals surface area (Å²) in [5.74, 6) is -2.41. The number of aromatic hydroxyl groups is 2. The molecule has 9 heteroatoms. The van der Waals surface area contributed by atoms with Crippen molar-refractivity contribution in [2.75, 3.05) is 6.61 Å². The predicted octanol–water partition coefficient (Wildman–Crippen LogP) is -0.501. The van der Waals surface area contributed by atoms with Gasteiger partial charge in [-0.2, -0.15) is 0 Å². The fourth-order valence-corrected chi connectivity index (χ4v) is 4.83. The second kappa shape index (κ2) is 7.56. The predicted molar refractivity (Wildman–Crippen MR) is 106 cm³/mol. The Balaban J connectivity index is 2.02. The van der Waals surface area contributed by atoms with Crippen LogP contribution in [0.1, 0.15) is 45.5 Å². The molecule has 166 valence electrons. The molecule has 4 unspecified atom stereocenters. The highest BCUT2D eigenvalue weighted by Gasteiger charge is 2.57. The maximum Gasteiger partial charge on any atom is 0.201 e. The summed E-state index contributed by atoms with van der Waals surface area (Å²) in [5.41, 5.74) is -1.13. The van der Waals surface area contributed by atoms with Crippen LogP contribution in [-0.4, -0.2) is 78.2 Å². The van der Waals surface area contributed by atoms with E-state index in [4.69, 9.17) is 4.74 Å². The third-order valence-electron chi connectivity index (χ3n) is 6.34. The van der Waals surface area contributed by atoms with E-state index in [0.29, 0.717) is 5.56 Å². The first kappa shape index (κ1) is 21.7. The van der Waals surface area contributed by atoms with Crippen molar-refractivity contribution in [3.8, 4) is 11.5 Å². The van der Waals surface area contributed by atoms with Gasteiger partial charge in [0.25, 0.3) is 0 Å². The number of carbonyl (C=O) groups excluding carboxylic acids is 1. The first-order chi connectivity index (χ1) is 14.7. The molecule has 6 atom stereocenters. The number of hydrogen-bond donors (Lipinski definition) is 7. The van der Waals surface area contributed by atoms with Crippen LogP contribution in [0.2, 0.25) is 0 Å². The second-order valence-corrected chi connectivity index (χ2v) is 8.19. The molecule has 1 fully saturated rings. The van der Waals surface area contributed by atoms with Crippen LogP contribution in [-0.2, 0) is 11.3 Å². The third kappa shape index (κ3) is 3.05. The van der Waals surface area contributed by atoms with Crippen LogP contribution in [0.3, 0.4) is 0 Å². The fourth-order valence-electron chi connectivity index (χ4n) is 4.83. The second-order valence-electron chi connectivity index (χ2n) is 8.19. The van der Waals surface area contributed by atoms with Crippen molar-refractivity contribution >= 4 is 5.78 Å². The molecule has 2 aromatic rings. The van der Waals surface area contributed by atoms with Crippen molar-refractivity contribution in [1.82, 2.24) is 0 Å². The van der Waals surface area contributed by atoms with E-state index < -0.39 is 60.7 Å². The van der Waals surface area contributed by atoms with Gasteiger partial charge in [0.05, 0.1) is 24.3 Å². The molecule has 1 heterocycles. The van der Waals surface area contributed by atoms with E-state index in [1.807, 2.05) is 0 Å². The number of aliphatic hydroxyl groups excluding tert-OH is 5. The minimum absolute atomic E-state index is 0.0924. The summed E-state index contributed by atoms with van der Waals surface area (Å²) in [6, 6.07) is 7.08. The summed E-state index contributed by atoms with van der Waals surface area (Å²) in [5, 5.41) is 71.9. The molecule has 4 rings (SSSR count). The van der Waals surface area contributed by atoms with Crippen LogP contribution in [0.5, 0.6) is 11.5 Å². The zero-order valence-electron chi connectivity index (χ0n) is 16.6. The Morgan fingerprint density at radius 1 is 0.968 bits per heavy atom. The Labute approximate surface area is 177 Å². The Morgan fingerprint density at radius 3 is 2.29 bits per heavy atom. The smallest absolute Gasteiger partial charge is 0.201 e.